The molecule has 0 saturated carbocycles. The molecule has 7 nitrogen and oxygen atoms in total. The Labute approximate surface area is 193 Å². The van der Waals surface area contributed by atoms with E-state index in [-0.39, 0.29) is 23.8 Å². The summed E-state index contributed by atoms with van der Waals surface area (Å²) >= 11 is 0. The smallest absolute Gasteiger partial charge is 0.408 e. The molecule has 0 fully saturated rings. The van der Waals surface area contributed by atoms with Crippen molar-refractivity contribution < 1.29 is 23.4 Å². The van der Waals surface area contributed by atoms with Crippen molar-refractivity contribution in [3.05, 3.63) is 41.9 Å². The SMILES string of the molecule is C[C@H](COc1ccc(-c2ccnc(C(F)F)n2)cc1C#N)CC(C)(C)N(C(=O)O)C(C)(C)C. The molecule has 1 atom stereocenters. The number of nitrogens with zero attached hydrogens (tertiary/aromatic N) is 4. The maximum absolute atomic E-state index is 12.9. The van der Waals surface area contributed by atoms with E-state index in [1.54, 1.807) is 12.1 Å². The van der Waals surface area contributed by atoms with Crippen LogP contribution in [0.5, 0.6) is 5.75 Å². The second kappa shape index (κ2) is 10.1. The number of aromatic nitrogens is 2. The number of halogens is 2. The van der Waals surface area contributed by atoms with Crippen LogP contribution in [0.15, 0.2) is 30.5 Å². The maximum Gasteiger partial charge on any atom is 0.408 e. The highest BCUT2D eigenvalue weighted by molar-refractivity contribution is 5.67. The first-order valence-electron chi connectivity index (χ1n) is 10.6. The summed E-state index contributed by atoms with van der Waals surface area (Å²) in [6.45, 7) is 11.6. The lowest BCUT2D eigenvalue weighted by atomic mass is 9.87. The molecule has 2 rings (SSSR count). The summed E-state index contributed by atoms with van der Waals surface area (Å²) in [6, 6.07) is 8.35. The molecule has 1 amide bonds. The summed E-state index contributed by atoms with van der Waals surface area (Å²) in [5.74, 6) is -0.223. The predicted octanol–water partition coefficient (Wildman–Crippen LogP) is 5.91. The number of hydrogen-bond acceptors (Lipinski definition) is 5. The molecule has 9 heteroatoms. The van der Waals surface area contributed by atoms with Gasteiger partial charge in [0.05, 0.1) is 17.9 Å². The van der Waals surface area contributed by atoms with E-state index >= 15 is 0 Å². The Morgan fingerprint density at radius 3 is 2.45 bits per heavy atom. The number of benzene rings is 1. The van der Waals surface area contributed by atoms with Crippen molar-refractivity contribution in [3.8, 4) is 23.1 Å². The molecule has 0 aliphatic rings. The van der Waals surface area contributed by atoms with Gasteiger partial charge in [-0.15, -0.1) is 0 Å². The third-order valence-electron chi connectivity index (χ3n) is 5.10. The molecule has 1 heterocycles. The van der Waals surface area contributed by atoms with Crippen LogP contribution in [0.2, 0.25) is 0 Å². The minimum Gasteiger partial charge on any atom is -0.492 e. The second-order valence-electron chi connectivity index (χ2n) is 9.65. The van der Waals surface area contributed by atoms with Gasteiger partial charge in [-0.2, -0.15) is 5.26 Å². The maximum atomic E-state index is 12.9. The molecular formula is C24H30F2N4O3. The summed E-state index contributed by atoms with van der Waals surface area (Å²) in [5.41, 5.74) is -0.165. The number of nitriles is 1. The molecule has 0 bridgehead atoms. The van der Waals surface area contributed by atoms with Gasteiger partial charge < -0.3 is 9.84 Å². The Kier molecular flexibility index (Phi) is 7.96. The Morgan fingerprint density at radius 1 is 1.24 bits per heavy atom. The van der Waals surface area contributed by atoms with Gasteiger partial charge in [-0.25, -0.2) is 23.5 Å². The lowest BCUT2D eigenvalue weighted by molar-refractivity contribution is 0.0187. The molecule has 2 aromatic rings. The summed E-state index contributed by atoms with van der Waals surface area (Å²) in [7, 11) is 0. The third-order valence-corrected chi connectivity index (χ3v) is 5.10. The number of carboxylic acid groups (broad SMARTS) is 1. The molecule has 1 aromatic heterocycles. The van der Waals surface area contributed by atoms with Gasteiger partial charge in [0.2, 0.25) is 0 Å². The van der Waals surface area contributed by atoms with Crippen molar-refractivity contribution in [1.29, 1.82) is 5.26 Å². The summed E-state index contributed by atoms with van der Waals surface area (Å²) in [5, 5.41) is 19.3. The average molecular weight is 461 g/mol. The monoisotopic (exact) mass is 460 g/mol. The topological polar surface area (TPSA) is 99.3 Å². The molecule has 0 radical (unpaired) electrons. The van der Waals surface area contributed by atoms with Crippen molar-refractivity contribution in [2.24, 2.45) is 5.92 Å². The first-order valence-corrected chi connectivity index (χ1v) is 10.6. The zero-order valence-corrected chi connectivity index (χ0v) is 19.8. The van der Waals surface area contributed by atoms with Gasteiger partial charge in [-0.1, -0.05) is 6.92 Å². The van der Waals surface area contributed by atoms with Crippen molar-refractivity contribution >= 4 is 6.09 Å². The minimum atomic E-state index is -2.79. The molecule has 0 aliphatic heterocycles. The lowest BCUT2D eigenvalue weighted by Gasteiger charge is -2.46. The van der Waals surface area contributed by atoms with Gasteiger partial charge in [0.25, 0.3) is 6.43 Å². The Balaban J connectivity index is 2.14. The first-order chi connectivity index (χ1) is 15.3. The van der Waals surface area contributed by atoms with Gasteiger partial charge in [0, 0.05) is 22.8 Å². The average Bonchev–Trinajstić information content (AvgIpc) is 2.70. The Morgan fingerprint density at radius 2 is 1.91 bits per heavy atom. The molecule has 1 N–H and O–H groups in total. The third kappa shape index (κ3) is 6.60. The van der Waals surface area contributed by atoms with Crippen molar-refractivity contribution in [1.82, 2.24) is 14.9 Å². The predicted molar refractivity (Wildman–Crippen MR) is 120 cm³/mol. The first kappa shape index (κ1) is 26.0. The lowest BCUT2D eigenvalue weighted by Crippen LogP contribution is -2.57. The van der Waals surface area contributed by atoms with Gasteiger partial charge in [0.1, 0.15) is 11.8 Å². The molecule has 33 heavy (non-hydrogen) atoms. The van der Waals surface area contributed by atoms with Gasteiger partial charge in [-0.3, -0.25) is 4.90 Å². The van der Waals surface area contributed by atoms with E-state index in [0.717, 1.165) is 0 Å². The summed E-state index contributed by atoms with van der Waals surface area (Å²) in [4.78, 5) is 20.7. The van der Waals surface area contributed by atoms with Crippen LogP contribution in [-0.4, -0.2) is 43.8 Å². The van der Waals surface area contributed by atoms with E-state index < -0.39 is 29.4 Å². The highest BCUT2D eigenvalue weighted by Gasteiger charge is 2.39. The highest BCUT2D eigenvalue weighted by atomic mass is 19.3. The zero-order chi connectivity index (χ0) is 25.0. The fourth-order valence-electron chi connectivity index (χ4n) is 4.23. The molecule has 0 saturated heterocycles. The van der Waals surface area contributed by atoms with Crippen LogP contribution >= 0.6 is 0 Å². The molecule has 0 spiro atoms. The van der Waals surface area contributed by atoms with Crippen LogP contribution in [0.1, 0.15) is 65.8 Å². The van der Waals surface area contributed by atoms with Crippen LogP contribution in [0.3, 0.4) is 0 Å². The van der Waals surface area contributed by atoms with Crippen LogP contribution in [0.4, 0.5) is 13.6 Å². The van der Waals surface area contributed by atoms with Crippen molar-refractivity contribution in [3.63, 3.8) is 0 Å². The van der Waals surface area contributed by atoms with Crippen LogP contribution in [0.25, 0.3) is 11.3 Å². The number of carbonyl (C=O) groups is 1. The van der Waals surface area contributed by atoms with E-state index in [2.05, 4.69) is 16.0 Å². The molecular weight excluding hydrogens is 430 g/mol. The van der Waals surface area contributed by atoms with E-state index in [1.165, 1.54) is 23.2 Å². The van der Waals surface area contributed by atoms with Crippen LogP contribution in [-0.2, 0) is 0 Å². The number of alkyl halides is 2. The molecule has 0 aliphatic carbocycles. The second-order valence-corrected chi connectivity index (χ2v) is 9.65. The highest BCUT2D eigenvalue weighted by Crippen LogP contribution is 2.32. The molecule has 1 aromatic carbocycles. The van der Waals surface area contributed by atoms with Crippen molar-refractivity contribution in [2.45, 2.75) is 65.5 Å². The van der Waals surface area contributed by atoms with E-state index in [0.29, 0.717) is 17.7 Å². The Hall–Kier alpha value is -3.28. The van der Waals surface area contributed by atoms with Gasteiger partial charge >= 0.3 is 6.09 Å². The number of rotatable bonds is 8. The van der Waals surface area contributed by atoms with E-state index in [4.69, 9.17) is 4.74 Å². The van der Waals surface area contributed by atoms with Gasteiger partial charge in [0.15, 0.2) is 5.82 Å². The molecule has 0 unspecified atom stereocenters. The normalized spacial score (nSPS) is 12.8. The number of hydrogen-bond donors (Lipinski definition) is 1. The summed E-state index contributed by atoms with van der Waals surface area (Å²) < 4.78 is 31.7. The van der Waals surface area contributed by atoms with E-state index in [9.17, 15) is 23.9 Å². The minimum absolute atomic E-state index is 0.00844. The fraction of sp³-hybridized carbons (Fsp3) is 0.500. The Bertz CT molecular complexity index is 1030. The fourth-order valence-corrected chi connectivity index (χ4v) is 4.23. The summed E-state index contributed by atoms with van der Waals surface area (Å²) in [6.07, 6.45) is -1.97. The van der Waals surface area contributed by atoms with Crippen molar-refractivity contribution in [2.75, 3.05) is 6.61 Å². The molecule has 178 valence electrons. The number of amides is 1. The van der Waals surface area contributed by atoms with E-state index in [1.807, 2.05) is 41.5 Å². The van der Waals surface area contributed by atoms with Crippen LogP contribution in [0, 0.1) is 17.2 Å². The van der Waals surface area contributed by atoms with Gasteiger partial charge in [-0.05, 0) is 71.2 Å². The van der Waals surface area contributed by atoms with Crippen LogP contribution < -0.4 is 4.74 Å². The zero-order valence-electron chi connectivity index (χ0n) is 19.8. The largest absolute Gasteiger partial charge is 0.492 e. The quantitative estimate of drug-likeness (QED) is 0.525. The number of ether oxygens (including phenoxy) is 1. The standard InChI is InChI=1S/C24H30F2N4O3/c1-15(12-24(5,6)30(22(31)32)23(2,3)4)14-33-19-8-7-16(11-17(19)13-27)18-9-10-28-21(29-18)20(25)26/h7-11,15,20H,12,14H2,1-6H3,(H,31,32)/t15-/m0/s1.